The predicted octanol–water partition coefficient (Wildman–Crippen LogP) is 0.644. The molecule has 0 unspecified atom stereocenters. The first kappa shape index (κ1) is 19.4. The summed E-state index contributed by atoms with van der Waals surface area (Å²) in [4.78, 5) is 20.7. The van der Waals surface area contributed by atoms with Gasteiger partial charge in [-0.1, -0.05) is 0 Å². The number of pyridine rings is 1. The Bertz CT molecular complexity index is 769. The highest BCUT2D eigenvalue weighted by atomic mass is 16.5. The Labute approximate surface area is 159 Å². The first-order valence-corrected chi connectivity index (χ1v) is 9.18. The number of morpholine rings is 1. The topological polar surface area (TPSA) is 89.3 Å². The van der Waals surface area contributed by atoms with E-state index in [-0.39, 0.29) is 24.7 Å². The summed E-state index contributed by atoms with van der Waals surface area (Å²) in [5.74, 6) is 0.654. The van der Waals surface area contributed by atoms with Crippen LogP contribution in [0.25, 0.3) is 0 Å². The molecular formula is C18H27N7O2. The molecule has 2 atom stereocenters. The average molecular weight is 373 g/mol. The number of carbonyl (C=O) groups excluding carboxylic acids is 1. The van der Waals surface area contributed by atoms with Crippen molar-refractivity contribution >= 4 is 5.91 Å². The van der Waals surface area contributed by atoms with Crippen LogP contribution in [0.2, 0.25) is 0 Å². The molecule has 3 heterocycles. The molecule has 27 heavy (non-hydrogen) atoms. The number of aryl methyl sites for hydroxylation is 1. The number of hydrogen-bond acceptors (Lipinski definition) is 7. The molecule has 9 nitrogen and oxygen atoms in total. The van der Waals surface area contributed by atoms with Gasteiger partial charge in [0.2, 0.25) is 5.91 Å². The fraction of sp³-hybridized carbons (Fsp3) is 0.611. The van der Waals surface area contributed by atoms with Crippen LogP contribution in [0.1, 0.15) is 30.8 Å². The van der Waals surface area contributed by atoms with E-state index >= 15 is 0 Å². The third kappa shape index (κ3) is 5.08. The lowest BCUT2D eigenvalue weighted by molar-refractivity contribution is -0.131. The maximum atomic E-state index is 12.6. The number of nitrogens with zero attached hydrogens (tertiary/aromatic N) is 7. The van der Waals surface area contributed by atoms with E-state index in [2.05, 4.69) is 39.3 Å². The van der Waals surface area contributed by atoms with E-state index in [1.54, 1.807) is 29.0 Å². The smallest absolute Gasteiger partial charge is 0.244 e. The van der Waals surface area contributed by atoms with E-state index in [0.29, 0.717) is 18.9 Å². The highest BCUT2D eigenvalue weighted by Crippen LogP contribution is 2.13. The summed E-state index contributed by atoms with van der Waals surface area (Å²) in [5.41, 5.74) is 2.14. The number of hydrogen-bond donors (Lipinski definition) is 0. The molecule has 1 aliphatic rings. The molecule has 2 aromatic rings. The Morgan fingerprint density at radius 1 is 1.33 bits per heavy atom. The maximum absolute atomic E-state index is 12.6. The van der Waals surface area contributed by atoms with Gasteiger partial charge in [0.1, 0.15) is 6.54 Å². The molecular weight excluding hydrogens is 346 g/mol. The van der Waals surface area contributed by atoms with Crippen LogP contribution in [0.15, 0.2) is 18.5 Å². The third-order valence-corrected chi connectivity index (χ3v) is 4.72. The number of tetrazole rings is 1. The largest absolute Gasteiger partial charge is 0.373 e. The zero-order valence-corrected chi connectivity index (χ0v) is 16.4. The number of carbonyl (C=O) groups is 1. The second-order valence-corrected chi connectivity index (χ2v) is 7.26. The molecule has 3 rings (SSSR count). The van der Waals surface area contributed by atoms with Gasteiger partial charge in [0.15, 0.2) is 5.82 Å². The molecule has 9 heteroatoms. The molecule has 0 saturated carbocycles. The van der Waals surface area contributed by atoms with Crippen molar-refractivity contribution in [2.75, 3.05) is 20.1 Å². The van der Waals surface area contributed by atoms with Gasteiger partial charge in [0.25, 0.3) is 0 Å². The fourth-order valence-electron chi connectivity index (χ4n) is 3.34. The number of rotatable bonds is 6. The van der Waals surface area contributed by atoms with Gasteiger partial charge >= 0.3 is 0 Å². The van der Waals surface area contributed by atoms with Crippen LogP contribution in [0.3, 0.4) is 0 Å². The van der Waals surface area contributed by atoms with Gasteiger partial charge in [0, 0.05) is 39.1 Å². The lowest BCUT2D eigenvalue weighted by atomic mass is 10.1. The van der Waals surface area contributed by atoms with Gasteiger partial charge in [-0.15, -0.1) is 5.10 Å². The second-order valence-electron chi connectivity index (χ2n) is 7.26. The van der Waals surface area contributed by atoms with Gasteiger partial charge in [-0.05, 0) is 48.4 Å². The molecule has 1 aliphatic heterocycles. The van der Waals surface area contributed by atoms with E-state index in [1.807, 2.05) is 13.0 Å². The summed E-state index contributed by atoms with van der Waals surface area (Å²) in [6.07, 6.45) is 3.89. The normalized spacial score (nSPS) is 20.6. The first-order valence-electron chi connectivity index (χ1n) is 9.18. The van der Waals surface area contributed by atoms with Gasteiger partial charge in [-0.2, -0.15) is 0 Å². The van der Waals surface area contributed by atoms with Gasteiger partial charge < -0.3 is 9.64 Å². The lowest BCUT2D eigenvalue weighted by Gasteiger charge is -2.34. The molecule has 0 aromatic carbocycles. The predicted molar refractivity (Wildman–Crippen MR) is 98.6 cm³/mol. The summed E-state index contributed by atoms with van der Waals surface area (Å²) >= 11 is 0. The molecule has 0 spiro atoms. The molecule has 0 aliphatic carbocycles. The van der Waals surface area contributed by atoms with Crippen LogP contribution in [0.4, 0.5) is 0 Å². The summed E-state index contributed by atoms with van der Waals surface area (Å²) in [6, 6.07) is 1.93. The Morgan fingerprint density at radius 3 is 2.78 bits per heavy atom. The maximum Gasteiger partial charge on any atom is 0.244 e. The van der Waals surface area contributed by atoms with Crippen LogP contribution in [-0.2, 0) is 29.2 Å². The zero-order chi connectivity index (χ0) is 19.4. The highest BCUT2D eigenvalue weighted by molar-refractivity contribution is 5.75. The number of ether oxygens (including phenoxy) is 1. The van der Waals surface area contributed by atoms with E-state index < -0.39 is 0 Å². The van der Waals surface area contributed by atoms with Crippen molar-refractivity contribution in [3.63, 3.8) is 0 Å². The summed E-state index contributed by atoms with van der Waals surface area (Å²) in [7, 11) is 1.79. The van der Waals surface area contributed by atoms with Crippen molar-refractivity contribution in [2.24, 2.45) is 0 Å². The lowest BCUT2D eigenvalue weighted by Crippen LogP contribution is -2.45. The minimum atomic E-state index is -0.0384. The van der Waals surface area contributed by atoms with Gasteiger partial charge in [-0.25, -0.2) is 4.68 Å². The second kappa shape index (κ2) is 8.53. The first-order chi connectivity index (χ1) is 12.9. The van der Waals surface area contributed by atoms with Gasteiger partial charge in [0.05, 0.1) is 18.8 Å². The Balaban J connectivity index is 1.60. The third-order valence-electron chi connectivity index (χ3n) is 4.72. The van der Waals surface area contributed by atoms with Crippen LogP contribution in [-0.4, -0.2) is 73.2 Å². The van der Waals surface area contributed by atoms with E-state index in [4.69, 9.17) is 4.74 Å². The molecule has 146 valence electrons. The van der Waals surface area contributed by atoms with Crippen LogP contribution in [0, 0.1) is 6.92 Å². The summed E-state index contributed by atoms with van der Waals surface area (Å²) in [6.45, 7) is 9.02. The van der Waals surface area contributed by atoms with Crippen molar-refractivity contribution in [1.29, 1.82) is 0 Å². The molecule has 0 N–H and O–H groups in total. The SMILES string of the molecule is Cc1cnccc1CN(C)C(=O)Cn1nnnc1CN1C[C@@H](C)O[C@@H](C)C1. The standard InChI is InChI=1S/C18H27N7O2/c1-13-7-19-6-5-16(13)10-23(4)18(26)12-25-17(20-21-22-25)11-24-8-14(2)27-15(3)9-24/h5-7,14-15H,8-12H2,1-4H3/t14-,15+. The number of likely N-dealkylation sites (N-methyl/N-ethyl adjacent to an activating group) is 1. The van der Waals surface area contributed by atoms with Crippen molar-refractivity contribution in [3.05, 3.63) is 35.4 Å². The zero-order valence-electron chi connectivity index (χ0n) is 16.4. The Morgan fingerprint density at radius 2 is 2.07 bits per heavy atom. The molecule has 2 aromatic heterocycles. The quantitative estimate of drug-likeness (QED) is 0.734. The summed E-state index contributed by atoms with van der Waals surface area (Å²) < 4.78 is 7.35. The van der Waals surface area contributed by atoms with Crippen molar-refractivity contribution in [1.82, 2.24) is 35.0 Å². The highest BCUT2D eigenvalue weighted by Gasteiger charge is 2.24. The van der Waals surface area contributed by atoms with E-state index in [1.165, 1.54) is 0 Å². The molecule has 0 radical (unpaired) electrons. The molecule has 1 saturated heterocycles. The minimum Gasteiger partial charge on any atom is -0.373 e. The molecule has 1 fully saturated rings. The minimum absolute atomic E-state index is 0.0384. The Kier molecular flexibility index (Phi) is 6.12. The number of aromatic nitrogens is 5. The van der Waals surface area contributed by atoms with E-state index in [0.717, 1.165) is 24.2 Å². The van der Waals surface area contributed by atoms with Crippen LogP contribution < -0.4 is 0 Å². The average Bonchev–Trinajstić information content (AvgIpc) is 3.02. The van der Waals surface area contributed by atoms with E-state index in [9.17, 15) is 4.79 Å². The van der Waals surface area contributed by atoms with Crippen molar-refractivity contribution < 1.29 is 9.53 Å². The van der Waals surface area contributed by atoms with Crippen molar-refractivity contribution in [2.45, 2.75) is 52.6 Å². The fourth-order valence-corrected chi connectivity index (χ4v) is 3.34. The van der Waals surface area contributed by atoms with Crippen LogP contribution >= 0.6 is 0 Å². The van der Waals surface area contributed by atoms with Crippen LogP contribution in [0.5, 0.6) is 0 Å². The Hall–Kier alpha value is -2.39. The van der Waals surface area contributed by atoms with Crippen molar-refractivity contribution in [3.8, 4) is 0 Å². The molecule has 1 amide bonds. The monoisotopic (exact) mass is 373 g/mol. The summed E-state index contributed by atoms with van der Waals surface area (Å²) in [5, 5.41) is 11.9. The molecule has 0 bridgehead atoms. The number of amides is 1. The van der Waals surface area contributed by atoms with Gasteiger partial charge in [-0.3, -0.25) is 14.7 Å².